The van der Waals surface area contributed by atoms with Crippen LogP contribution in [-0.4, -0.2) is 11.5 Å². The number of aromatic nitrogens is 1. The minimum absolute atomic E-state index is 0.0891. The van der Waals surface area contributed by atoms with Gasteiger partial charge in [0.25, 0.3) is 0 Å². The summed E-state index contributed by atoms with van der Waals surface area (Å²) in [5, 5.41) is 1.19. The van der Waals surface area contributed by atoms with Crippen LogP contribution in [0.15, 0.2) is 28.7 Å². The molecule has 2 N–H and O–H groups in total. The van der Waals surface area contributed by atoms with E-state index in [1.807, 2.05) is 12.1 Å². The van der Waals surface area contributed by atoms with Gasteiger partial charge in [0.2, 0.25) is 0 Å². The number of hydrogen-bond acceptors (Lipinski definition) is 2. The van der Waals surface area contributed by atoms with E-state index in [4.69, 9.17) is 10.7 Å². The lowest BCUT2D eigenvalue weighted by molar-refractivity contribution is 0.523. The highest BCUT2D eigenvalue weighted by Crippen LogP contribution is 2.29. The number of rotatable bonds is 2. The first kappa shape index (κ1) is 12.5. The maximum Gasteiger partial charge on any atom is 0.0850 e. The number of para-hydroxylation sites is 1. The van der Waals surface area contributed by atoms with Gasteiger partial charge in [-0.15, -0.1) is 0 Å². The molecule has 0 saturated carbocycles. The van der Waals surface area contributed by atoms with Crippen LogP contribution in [0.25, 0.3) is 10.9 Å². The van der Waals surface area contributed by atoms with Crippen LogP contribution in [0.1, 0.15) is 25.1 Å². The van der Waals surface area contributed by atoms with Gasteiger partial charge in [0.15, 0.2) is 0 Å². The smallest absolute Gasteiger partial charge is 0.0850 e. The molecule has 0 aliphatic rings. The summed E-state index contributed by atoms with van der Waals surface area (Å²) in [5.41, 5.74) is 9.04. The van der Waals surface area contributed by atoms with Gasteiger partial charge in [0.05, 0.1) is 5.52 Å². The van der Waals surface area contributed by atoms with Crippen LogP contribution >= 0.6 is 15.9 Å². The van der Waals surface area contributed by atoms with E-state index in [2.05, 4.69) is 48.8 Å². The molecule has 2 aromatic rings. The fourth-order valence-electron chi connectivity index (χ4n) is 1.83. The van der Waals surface area contributed by atoms with Gasteiger partial charge in [-0.25, -0.2) is 0 Å². The predicted octanol–water partition coefficient (Wildman–Crippen LogP) is 3.54. The van der Waals surface area contributed by atoms with E-state index in [1.54, 1.807) is 0 Å². The molecule has 0 aliphatic heterocycles. The Morgan fingerprint density at radius 2 is 2.06 bits per heavy atom. The zero-order chi connectivity index (χ0) is 12.6. The summed E-state index contributed by atoms with van der Waals surface area (Å²) < 4.78 is 1.03. The number of hydrogen-bond donors (Lipinski definition) is 1. The van der Waals surface area contributed by atoms with Crippen molar-refractivity contribution in [2.24, 2.45) is 5.73 Å². The molecule has 3 heteroatoms. The van der Waals surface area contributed by atoms with Gasteiger partial charge in [-0.3, -0.25) is 4.98 Å². The molecule has 90 valence electrons. The van der Waals surface area contributed by atoms with Crippen molar-refractivity contribution in [2.45, 2.75) is 26.2 Å². The van der Waals surface area contributed by atoms with Crippen molar-refractivity contribution in [2.75, 3.05) is 6.54 Å². The van der Waals surface area contributed by atoms with E-state index in [0.717, 1.165) is 15.7 Å². The van der Waals surface area contributed by atoms with Crippen LogP contribution in [-0.2, 0) is 5.41 Å². The maximum atomic E-state index is 5.82. The second kappa shape index (κ2) is 4.39. The zero-order valence-electron chi connectivity index (χ0n) is 10.4. The van der Waals surface area contributed by atoms with Crippen molar-refractivity contribution in [1.29, 1.82) is 0 Å². The second-order valence-corrected chi connectivity index (χ2v) is 5.90. The summed E-state index contributed by atoms with van der Waals surface area (Å²) >= 11 is 3.56. The van der Waals surface area contributed by atoms with Gasteiger partial charge in [-0.05, 0) is 40.5 Å². The molecule has 0 atom stereocenters. The molecule has 2 nitrogen and oxygen atoms in total. The molecule has 0 unspecified atom stereocenters. The highest BCUT2D eigenvalue weighted by molar-refractivity contribution is 9.10. The average molecular weight is 293 g/mol. The van der Waals surface area contributed by atoms with Gasteiger partial charge in [0.1, 0.15) is 0 Å². The summed E-state index contributed by atoms with van der Waals surface area (Å²) in [6.07, 6.45) is 0. The zero-order valence-corrected chi connectivity index (χ0v) is 12.0. The Morgan fingerprint density at radius 3 is 2.71 bits per heavy atom. The van der Waals surface area contributed by atoms with Crippen molar-refractivity contribution in [3.63, 3.8) is 0 Å². The van der Waals surface area contributed by atoms with E-state index < -0.39 is 0 Å². The Morgan fingerprint density at radius 1 is 1.35 bits per heavy atom. The summed E-state index contributed by atoms with van der Waals surface area (Å²) in [6, 6.07) is 8.30. The van der Waals surface area contributed by atoms with Crippen molar-refractivity contribution in [3.8, 4) is 0 Å². The lowest BCUT2D eigenvalue weighted by Crippen LogP contribution is -2.29. The fourth-order valence-corrected chi connectivity index (χ4v) is 2.29. The van der Waals surface area contributed by atoms with Gasteiger partial charge >= 0.3 is 0 Å². The molecule has 0 fully saturated rings. The Kier molecular flexibility index (Phi) is 3.23. The minimum Gasteiger partial charge on any atom is -0.330 e. The first-order valence-corrected chi connectivity index (χ1v) is 6.51. The predicted molar refractivity (Wildman–Crippen MR) is 76.3 cm³/mol. The number of fused-ring (bicyclic) bond motifs is 1. The van der Waals surface area contributed by atoms with E-state index in [0.29, 0.717) is 6.54 Å². The lowest BCUT2D eigenvalue weighted by atomic mass is 9.88. The van der Waals surface area contributed by atoms with Gasteiger partial charge in [0, 0.05) is 27.5 Å². The van der Waals surface area contributed by atoms with E-state index >= 15 is 0 Å². The largest absolute Gasteiger partial charge is 0.330 e. The highest BCUT2D eigenvalue weighted by Gasteiger charge is 2.21. The third-order valence-electron chi connectivity index (χ3n) is 3.20. The van der Waals surface area contributed by atoms with Crippen LogP contribution < -0.4 is 5.73 Å². The number of benzene rings is 1. The molecular weight excluding hydrogens is 276 g/mol. The second-order valence-electron chi connectivity index (χ2n) is 5.05. The van der Waals surface area contributed by atoms with Gasteiger partial charge in [-0.2, -0.15) is 0 Å². The van der Waals surface area contributed by atoms with Crippen molar-refractivity contribution in [1.82, 2.24) is 4.98 Å². The van der Waals surface area contributed by atoms with Crippen LogP contribution in [0.3, 0.4) is 0 Å². The maximum absolute atomic E-state index is 5.82. The van der Waals surface area contributed by atoms with Crippen molar-refractivity contribution in [3.05, 3.63) is 40.0 Å². The standard InChI is InChI=1S/C14H17BrN2/c1-9-7-12(14(2,3)8-16)17-13-10(9)5-4-6-11(13)15/h4-7H,8,16H2,1-3H3. The molecule has 0 aliphatic carbocycles. The van der Waals surface area contributed by atoms with Crippen LogP contribution in [0.5, 0.6) is 0 Å². The molecule has 17 heavy (non-hydrogen) atoms. The highest BCUT2D eigenvalue weighted by atomic mass is 79.9. The Labute approximate surface area is 110 Å². The monoisotopic (exact) mass is 292 g/mol. The summed E-state index contributed by atoms with van der Waals surface area (Å²) in [7, 11) is 0. The lowest BCUT2D eigenvalue weighted by Gasteiger charge is -2.23. The fraction of sp³-hybridized carbons (Fsp3) is 0.357. The summed E-state index contributed by atoms with van der Waals surface area (Å²) in [5.74, 6) is 0. The third-order valence-corrected chi connectivity index (χ3v) is 3.84. The molecule has 0 amide bonds. The third kappa shape index (κ3) is 2.22. The Balaban J connectivity index is 2.75. The summed E-state index contributed by atoms with van der Waals surface area (Å²) in [4.78, 5) is 4.75. The molecule has 2 rings (SSSR count). The van der Waals surface area contributed by atoms with E-state index in [1.165, 1.54) is 10.9 Å². The number of nitrogens with zero attached hydrogens (tertiary/aromatic N) is 1. The quantitative estimate of drug-likeness (QED) is 0.919. The Hall–Kier alpha value is -0.930. The SMILES string of the molecule is Cc1cc(C(C)(C)CN)nc2c(Br)cccc12. The number of aryl methyl sites for hydroxylation is 1. The van der Waals surface area contributed by atoms with E-state index in [9.17, 15) is 0 Å². The molecule has 1 heterocycles. The number of pyridine rings is 1. The Bertz CT molecular complexity index is 561. The number of nitrogens with two attached hydrogens (primary N) is 1. The average Bonchev–Trinajstić information content (AvgIpc) is 2.30. The van der Waals surface area contributed by atoms with Crippen LogP contribution in [0.2, 0.25) is 0 Å². The molecule has 0 radical (unpaired) electrons. The molecule has 1 aromatic carbocycles. The normalized spacial score (nSPS) is 12.1. The molecule has 0 bridgehead atoms. The van der Waals surface area contributed by atoms with E-state index in [-0.39, 0.29) is 5.41 Å². The van der Waals surface area contributed by atoms with Gasteiger partial charge < -0.3 is 5.73 Å². The van der Waals surface area contributed by atoms with Crippen LogP contribution in [0.4, 0.5) is 0 Å². The molecule has 1 aromatic heterocycles. The first-order chi connectivity index (χ1) is 7.95. The molecule has 0 spiro atoms. The van der Waals surface area contributed by atoms with Crippen LogP contribution in [0, 0.1) is 6.92 Å². The number of halogens is 1. The topological polar surface area (TPSA) is 38.9 Å². The minimum atomic E-state index is -0.0891. The van der Waals surface area contributed by atoms with Crippen molar-refractivity contribution >= 4 is 26.8 Å². The van der Waals surface area contributed by atoms with Crippen molar-refractivity contribution < 1.29 is 0 Å². The van der Waals surface area contributed by atoms with Gasteiger partial charge in [-0.1, -0.05) is 26.0 Å². The summed E-state index contributed by atoms with van der Waals surface area (Å²) in [6.45, 7) is 6.96. The molecular formula is C14H17BrN2. The molecule has 0 saturated heterocycles. The first-order valence-electron chi connectivity index (χ1n) is 5.72.